The average Bonchev–Trinajstić information content (AvgIpc) is 2.16. The normalized spacial score (nSPS) is 12.3. The van der Waals surface area contributed by atoms with Crippen LogP contribution in [0, 0.1) is 0 Å². The highest BCUT2D eigenvalue weighted by Gasteiger charge is 2.16. The van der Waals surface area contributed by atoms with E-state index in [-0.39, 0.29) is 5.78 Å². The molecule has 1 aromatic rings. The standard InChI is InChI=1S/C10H7BrCl2O2/c1-5(12)9(14)7-3-2-6(10(13)15)4-8(7)11/h2-5H,1H3. The molecule has 0 heterocycles. The summed E-state index contributed by atoms with van der Waals surface area (Å²) < 4.78 is 0.520. The van der Waals surface area contributed by atoms with Crippen LogP contribution < -0.4 is 0 Å². The van der Waals surface area contributed by atoms with Gasteiger partial charge in [-0.3, -0.25) is 9.59 Å². The summed E-state index contributed by atoms with van der Waals surface area (Å²) in [7, 11) is 0. The highest BCUT2D eigenvalue weighted by Crippen LogP contribution is 2.22. The fraction of sp³-hybridized carbons (Fsp3) is 0.200. The number of hydrogen-bond donors (Lipinski definition) is 0. The Balaban J connectivity index is 3.14. The van der Waals surface area contributed by atoms with E-state index in [0.29, 0.717) is 15.6 Å². The molecule has 5 heteroatoms. The van der Waals surface area contributed by atoms with Crippen molar-refractivity contribution in [3.63, 3.8) is 0 Å². The van der Waals surface area contributed by atoms with Crippen molar-refractivity contribution in [2.45, 2.75) is 12.3 Å². The second-order valence-corrected chi connectivity index (χ2v) is 4.80. The minimum atomic E-state index is -0.598. The fourth-order valence-corrected chi connectivity index (χ4v) is 1.86. The molecule has 15 heavy (non-hydrogen) atoms. The van der Waals surface area contributed by atoms with E-state index in [4.69, 9.17) is 23.2 Å². The fourth-order valence-electron chi connectivity index (χ4n) is 1.05. The SMILES string of the molecule is CC(Cl)C(=O)c1ccc(C(=O)Cl)cc1Br. The van der Waals surface area contributed by atoms with Crippen molar-refractivity contribution in [1.82, 2.24) is 0 Å². The minimum absolute atomic E-state index is 0.197. The summed E-state index contributed by atoms with van der Waals surface area (Å²) in [6.45, 7) is 1.59. The molecule has 0 saturated heterocycles. The van der Waals surface area contributed by atoms with Crippen molar-refractivity contribution >= 4 is 50.2 Å². The van der Waals surface area contributed by atoms with Crippen molar-refractivity contribution in [1.29, 1.82) is 0 Å². The number of ketones is 1. The molecule has 0 amide bonds. The second-order valence-electron chi connectivity index (χ2n) is 2.95. The highest BCUT2D eigenvalue weighted by atomic mass is 79.9. The number of hydrogen-bond acceptors (Lipinski definition) is 2. The summed E-state index contributed by atoms with van der Waals surface area (Å²) in [4.78, 5) is 22.4. The van der Waals surface area contributed by atoms with Crippen LogP contribution in [0.1, 0.15) is 27.6 Å². The molecular weight excluding hydrogens is 303 g/mol. The van der Waals surface area contributed by atoms with E-state index >= 15 is 0 Å². The zero-order valence-electron chi connectivity index (χ0n) is 7.76. The first-order valence-corrected chi connectivity index (χ1v) is 5.72. The van der Waals surface area contributed by atoms with Gasteiger partial charge in [0, 0.05) is 15.6 Å². The minimum Gasteiger partial charge on any atom is -0.292 e. The van der Waals surface area contributed by atoms with Crippen LogP contribution in [0.3, 0.4) is 0 Å². The Labute approximate surface area is 106 Å². The number of Topliss-reactive ketones (excluding diaryl/α,β-unsaturated/α-hetero) is 1. The van der Waals surface area contributed by atoms with E-state index in [2.05, 4.69) is 15.9 Å². The van der Waals surface area contributed by atoms with Crippen LogP contribution in [0.4, 0.5) is 0 Å². The maximum atomic E-state index is 11.6. The van der Waals surface area contributed by atoms with Gasteiger partial charge in [-0.1, -0.05) is 15.9 Å². The van der Waals surface area contributed by atoms with Crippen LogP contribution >= 0.6 is 39.1 Å². The molecule has 0 N–H and O–H groups in total. The third-order valence-corrected chi connectivity index (χ3v) is 2.90. The molecule has 2 nitrogen and oxygen atoms in total. The van der Waals surface area contributed by atoms with Gasteiger partial charge in [0.2, 0.25) is 0 Å². The number of carbonyl (C=O) groups excluding carboxylic acids is 2. The number of benzene rings is 1. The van der Waals surface area contributed by atoms with Crippen molar-refractivity contribution < 1.29 is 9.59 Å². The van der Waals surface area contributed by atoms with Gasteiger partial charge in [-0.05, 0) is 36.7 Å². The molecule has 1 atom stereocenters. The summed E-state index contributed by atoms with van der Waals surface area (Å²) in [5, 5.41) is -1.16. The van der Waals surface area contributed by atoms with Crippen molar-refractivity contribution in [2.24, 2.45) is 0 Å². The van der Waals surface area contributed by atoms with Crippen molar-refractivity contribution in [3.8, 4) is 0 Å². The third kappa shape index (κ3) is 3.03. The molecule has 0 fully saturated rings. The van der Waals surface area contributed by atoms with Gasteiger partial charge in [-0.25, -0.2) is 0 Å². The van der Waals surface area contributed by atoms with Gasteiger partial charge >= 0.3 is 0 Å². The summed E-state index contributed by atoms with van der Waals surface area (Å²) in [6.07, 6.45) is 0. The molecule has 1 unspecified atom stereocenters. The van der Waals surface area contributed by atoms with Crippen LogP contribution in [0.15, 0.2) is 22.7 Å². The lowest BCUT2D eigenvalue weighted by molar-refractivity contribution is 0.0989. The van der Waals surface area contributed by atoms with E-state index in [1.165, 1.54) is 18.2 Å². The first kappa shape index (κ1) is 12.7. The molecule has 0 bridgehead atoms. The Morgan fingerprint density at radius 3 is 2.40 bits per heavy atom. The molecule has 0 aromatic heterocycles. The van der Waals surface area contributed by atoms with Crippen LogP contribution in [0.5, 0.6) is 0 Å². The average molecular weight is 310 g/mol. The van der Waals surface area contributed by atoms with Gasteiger partial charge in [0.25, 0.3) is 5.24 Å². The topological polar surface area (TPSA) is 34.1 Å². The third-order valence-electron chi connectivity index (χ3n) is 1.82. The second kappa shape index (κ2) is 5.10. The number of halogens is 3. The van der Waals surface area contributed by atoms with Crippen LogP contribution in [-0.2, 0) is 0 Å². The molecule has 0 aliphatic rings. The predicted octanol–water partition coefficient (Wildman–Crippen LogP) is 3.64. The van der Waals surface area contributed by atoms with Crippen molar-refractivity contribution in [3.05, 3.63) is 33.8 Å². The van der Waals surface area contributed by atoms with Crippen LogP contribution in [0.25, 0.3) is 0 Å². The molecule has 0 aliphatic carbocycles. The first-order valence-electron chi connectivity index (χ1n) is 4.11. The van der Waals surface area contributed by atoms with Crippen molar-refractivity contribution in [2.75, 3.05) is 0 Å². The lowest BCUT2D eigenvalue weighted by Gasteiger charge is -2.05. The molecule has 0 radical (unpaired) electrons. The maximum absolute atomic E-state index is 11.6. The number of alkyl halides is 1. The van der Waals surface area contributed by atoms with E-state index in [1.807, 2.05) is 0 Å². The molecule has 1 aromatic carbocycles. The quantitative estimate of drug-likeness (QED) is 0.485. The van der Waals surface area contributed by atoms with E-state index in [0.717, 1.165) is 0 Å². The highest BCUT2D eigenvalue weighted by molar-refractivity contribution is 9.10. The Bertz CT molecular complexity index is 416. The van der Waals surface area contributed by atoms with E-state index in [1.54, 1.807) is 6.92 Å². The molecular formula is C10H7BrCl2O2. The lowest BCUT2D eigenvalue weighted by atomic mass is 10.1. The van der Waals surface area contributed by atoms with Crippen LogP contribution in [0.2, 0.25) is 0 Å². The Morgan fingerprint density at radius 2 is 2.00 bits per heavy atom. The maximum Gasteiger partial charge on any atom is 0.252 e. The van der Waals surface area contributed by atoms with Gasteiger partial charge in [0.15, 0.2) is 5.78 Å². The lowest BCUT2D eigenvalue weighted by Crippen LogP contribution is -2.11. The van der Waals surface area contributed by atoms with Gasteiger partial charge in [-0.15, -0.1) is 11.6 Å². The molecule has 0 aliphatic heterocycles. The summed E-state index contributed by atoms with van der Waals surface area (Å²) in [5.74, 6) is -0.197. The van der Waals surface area contributed by atoms with Gasteiger partial charge in [0.1, 0.15) is 0 Å². The Kier molecular flexibility index (Phi) is 4.32. The molecule has 0 saturated carbocycles. The summed E-state index contributed by atoms with van der Waals surface area (Å²) in [5.41, 5.74) is 0.779. The molecule has 0 spiro atoms. The monoisotopic (exact) mass is 308 g/mol. The Hall–Kier alpha value is -0.380. The van der Waals surface area contributed by atoms with Gasteiger partial charge in [0.05, 0.1) is 5.38 Å². The number of carbonyl (C=O) groups is 2. The smallest absolute Gasteiger partial charge is 0.252 e. The zero-order valence-corrected chi connectivity index (χ0v) is 10.9. The summed E-state index contributed by atoms with van der Waals surface area (Å²) >= 11 is 14.2. The predicted molar refractivity (Wildman–Crippen MR) is 64.0 cm³/mol. The summed E-state index contributed by atoms with van der Waals surface area (Å²) in [6, 6.07) is 4.52. The van der Waals surface area contributed by atoms with E-state index < -0.39 is 10.6 Å². The molecule has 1 rings (SSSR count). The molecule has 80 valence electrons. The number of rotatable bonds is 3. The van der Waals surface area contributed by atoms with Gasteiger partial charge < -0.3 is 0 Å². The zero-order chi connectivity index (χ0) is 11.6. The largest absolute Gasteiger partial charge is 0.292 e. The van der Waals surface area contributed by atoms with Crippen LogP contribution in [-0.4, -0.2) is 16.4 Å². The Morgan fingerprint density at radius 1 is 1.40 bits per heavy atom. The van der Waals surface area contributed by atoms with E-state index in [9.17, 15) is 9.59 Å². The first-order chi connectivity index (χ1) is 6.93. The van der Waals surface area contributed by atoms with Gasteiger partial charge in [-0.2, -0.15) is 0 Å².